The Balaban J connectivity index is 3.72. The Morgan fingerprint density at radius 2 is 1.55 bits per heavy atom. The van der Waals surface area contributed by atoms with Crippen LogP contribution >= 0.6 is 0 Å². The van der Waals surface area contributed by atoms with Gasteiger partial charge in [-0.1, -0.05) is 13.8 Å². The summed E-state index contributed by atoms with van der Waals surface area (Å²) in [6.07, 6.45) is 0.0553. The van der Waals surface area contributed by atoms with Gasteiger partial charge in [0.1, 0.15) is 0 Å². The summed E-state index contributed by atoms with van der Waals surface area (Å²) in [5.74, 6) is -6.91. The molecule has 0 aliphatic heterocycles. The summed E-state index contributed by atoms with van der Waals surface area (Å²) < 4.78 is 55.3. The molecule has 0 radical (unpaired) electrons. The van der Waals surface area contributed by atoms with Crippen LogP contribution in [0.4, 0.5) is 17.6 Å². The molecule has 2 nitrogen and oxygen atoms in total. The minimum absolute atomic E-state index is 0.149. The first-order chi connectivity index (χ1) is 9.36. The molecule has 20 heavy (non-hydrogen) atoms. The Morgan fingerprint density at radius 3 is 1.90 bits per heavy atom. The normalized spacial score (nSPS) is 11.3. The molecule has 0 unspecified atom stereocenters. The molecule has 0 aliphatic carbocycles. The summed E-state index contributed by atoms with van der Waals surface area (Å²) in [4.78, 5) is 0. The zero-order chi connectivity index (χ0) is 15.4. The number of nitriles is 2. The van der Waals surface area contributed by atoms with Crippen LogP contribution in [0.2, 0.25) is 0 Å². The highest BCUT2D eigenvalue weighted by Crippen LogP contribution is 2.32. The molecule has 0 aliphatic rings. The number of hydrogen-bond donors (Lipinski definition) is 0. The number of allylic oxidation sites excluding steroid dienone is 2. The van der Waals surface area contributed by atoms with Crippen LogP contribution in [0.1, 0.15) is 25.0 Å². The van der Waals surface area contributed by atoms with E-state index in [1.165, 1.54) is 19.9 Å². The van der Waals surface area contributed by atoms with Crippen LogP contribution in [-0.2, 0) is 6.42 Å². The molecule has 0 heterocycles. The molecule has 0 spiro atoms. The number of nitrogens with zero attached hydrogens (tertiary/aromatic N) is 2. The molecule has 0 atom stereocenters. The van der Waals surface area contributed by atoms with E-state index < -0.39 is 46.7 Å². The zero-order valence-electron chi connectivity index (χ0n) is 10.8. The fraction of sp³-hybridized carbons (Fsp3) is 0.286. The van der Waals surface area contributed by atoms with Crippen LogP contribution in [0.3, 0.4) is 0 Å². The van der Waals surface area contributed by atoms with Gasteiger partial charge in [0.05, 0.1) is 24.1 Å². The maximum absolute atomic E-state index is 13.9. The van der Waals surface area contributed by atoms with Gasteiger partial charge >= 0.3 is 0 Å². The lowest BCUT2D eigenvalue weighted by Gasteiger charge is -2.15. The summed E-state index contributed by atoms with van der Waals surface area (Å²) in [7, 11) is 0. The second kappa shape index (κ2) is 6.21. The highest BCUT2D eigenvalue weighted by atomic mass is 19.2. The topological polar surface area (TPSA) is 47.6 Å². The van der Waals surface area contributed by atoms with Gasteiger partial charge in [0.2, 0.25) is 0 Å². The first-order valence-corrected chi connectivity index (χ1v) is 5.68. The van der Waals surface area contributed by atoms with Crippen molar-refractivity contribution in [3.63, 3.8) is 0 Å². The molecule has 104 valence electrons. The third-order valence-electron chi connectivity index (χ3n) is 2.74. The average molecular weight is 282 g/mol. The quantitative estimate of drug-likeness (QED) is 0.480. The third-order valence-corrected chi connectivity index (χ3v) is 2.74. The van der Waals surface area contributed by atoms with Crippen molar-refractivity contribution in [2.45, 2.75) is 20.3 Å². The third kappa shape index (κ3) is 2.65. The average Bonchev–Trinajstić information content (AvgIpc) is 2.40. The van der Waals surface area contributed by atoms with Crippen LogP contribution in [-0.4, -0.2) is 0 Å². The van der Waals surface area contributed by atoms with Crippen molar-refractivity contribution in [2.24, 2.45) is 5.92 Å². The fourth-order valence-corrected chi connectivity index (χ4v) is 1.76. The van der Waals surface area contributed by atoms with E-state index in [9.17, 15) is 17.6 Å². The Hall–Kier alpha value is -2.34. The van der Waals surface area contributed by atoms with Gasteiger partial charge in [0.25, 0.3) is 0 Å². The van der Waals surface area contributed by atoms with E-state index in [0.717, 1.165) is 6.08 Å². The molecule has 6 heteroatoms. The molecule has 0 saturated heterocycles. The zero-order valence-corrected chi connectivity index (χ0v) is 10.8. The van der Waals surface area contributed by atoms with Crippen molar-refractivity contribution >= 4 is 5.57 Å². The largest absolute Gasteiger partial charge is 0.203 e. The minimum Gasteiger partial charge on any atom is -0.203 e. The van der Waals surface area contributed by atoms with Gasteiger partial charge < -0.3 is 0 Å². The van der Waals surface area contributed by atoms with Gasteiger partial charge in [-0.25, -0.2) is 17.6 Å². The lowest BCUT2D eigenvalue weighted by Crippen LogP contribution is -2.10. The highest BCUT2D eigenvalue weighted by Gasteiger charge is 2.27. The van der Waals surface area contributed by atoms with Gasteiger partial charge in [0, 0.05) is 11.6 Å². The van der Waals surface area contributed by atoms with E-state index in [-0.39, 0.29) is 5.57 Å². The molecular formula is C14H10F4N2. The summed E-state index contributed by atoms with van der Waals surface area (Å²) in [6, 6.07) is 3.02. The Kier molecular flexibility index (Phi) is 4.88. The van der Waals surface area contributed by atoms with Gasteiger partial charge in [-0.3, -0.25) is 0 Å². The highest BCUT2D eigenvalue weighted by molar-refractivity contribution is 5.70. The molecule has 0 N–H and O–H groups in total. The standard InChI is InChI=1S/C14H10F4N2/c1-7(2)8(3-5-19)10-13(17)11(15)9(4-6-20)12(16)14(10)18/h3,7H,4H2,1-2H3. The number of hydrogen-bond acceptors (Lipinski definition) is 2. The maximum Gasteiger partial charge on any atom is 0.169 e. The van der Waals surface area contributed by atoms with E-state index in [1.807, 2.05) is 0 Å². The molecule has 1 rings (SSSR count). The SMILES string of the molecule is CC(C)C(=CC#N)c1c(F)c(F)c(CC#N)c(F)c1F. The van der Waals surface area contributed by atoms with E-state index >= 15 is 0 Å². The van der Waals surface area contributed by atoms with E-state index in [2.05, 4.69) is 0 Å². The lowest BCUT2D eigenvalue weighted by atomic mass is 9.92. The van der Waals surface area contributed by atoms with Crippen LogP contribution < -0.4 is 0 Å². The minimum atomic E-state index is -1.61. The van der Waals surface area contributed by atoms with Gasteiger partial charge in [0.15, 0.2) is 23.3 Å². The lowest BCUT2D eigenvalue weighted by molar-refractivity contribution is 0.437. The molecule has 0 fully saturated rings. The van der Waals surface area contributed by atoms with Crippen molar-refractivity contribution in [3.05, 3.63) is 40.5 Å². The smallest absolute Gasteiger partial charge is 0.169 e. The first-order valence-electron chi connectivity index (χ1n) is 5.68. The van der Waals surface area contributed by atoms with Crippen molar-refractivity contribution < 1.29 is 17.6 Å². The van der Waals surface area contributed by atoms with Crippen LogP contribution in [0, 0.1) is 51.8 Å². The molecule has 1 aromatic carbocycles. The molecule has 1 aromatic rings. The van der Waals surface area contributed by atoms with E-state index in [4.69, 9.17) is 10.5 Å². The van der Waals surface area contributed by atoms with Gasteiger partial charge in [-0.05, 0) is 11.5 Å². The summed E-state index contributed by atoms with van der Waals surface area (Å²) in [6.45, 7) is 3.06. The second-order valence-electron chi connectivity index (χ2n) is 4.33. The van der Waals surface area contributed by atoms with Crippen molar-refractivity contribution in [1.29, 1.82) is 10.5 Å². The predicted octanol–water partition coefficient (Wildman–Crippen LogP) is 3.87. The van der Waals surface area contributed by atoms with Crippen molar-refractivity contribution in [2.75, 3.05) is 0 Å². The molecule has 0 amide bonds. The second-order valence-corrected chi connectivity index (χ2v) is 4.33. The number of benzene rings is 1. The monoisotopic (exact) mass is 282 g/mol. The Labute approximate surface area is 113 Å². The van der Waals surface area contributed by atoms with E-state index in [1.54, 1.807) is 6.07 Å². The van der Waals surface area contributed by atoms with Crippen molar-refractivity contribution in [3.8, 4) is 12.1 Å². The van der Waals surface area contributed by atoms with Crippen LogP contribution in [0.15, 0.2) is 6.08 Å². The first kappa shape index (κ1) is 15.7. The fourth-order valence-electron chi connectivity index (χ4n) is 1.76. The van der Waals surface area contributed by atoms with Crippen molar-refractivity contribution in [1.82, 2.24) is 0 Å². The Bertz CT molecular complexity index is 620. The van der Waals surface area contributed by atoms with Crippen LogP contribution in [0.5, 0.6) is 0 Å². The van der Waals surface area contributed by atoms with Gasteiger partial charge in [-0.15, -0.1) is 0 Å². The summed E-state index contributed by atoms with van der Waals surface area (Å²) in [5.41, 5.74) is -2.01. The molecular weight excluding hydrogens is 272 g/mol. The molecule has 0 saturated carbocycles. The summed E-state index contributed by atoms with van der Waals surface area (Å²) >= 11 is 0. The predicted molar refractivity (Wildman–Crippen MR) is 64.0 cm³/mol. The van der Waals surface area contributed by atoms with E-state index in [0.29, 0.717) is 0 Å². The number of rotatable bonds is 3. The molecule has 0 bridgehead atoms. The van der Waals surface area contributed by atoms with Gasteiger partial charge in [-0.2, -0.15) is 10.5 Å². The maximum atomic E-state index is 13.9. The Morgan fingerprint density at radius 1 is 1.05 bits per heavy atom. The number of halogens is 4. The summed E-state index contributed by atoms with van der Waals surface area (Å²) in [5, 5.41) is 17.0. The van der Waals surface area contributed by atoms with Crippen LogP contribution in [0.25, 0.3) is 5.57 Å². The molecule has 0 aromatic heterocycles.